The van der Waals surface area contributed by atoms with E-state index in [9.17, 15) is 5.26 Å². The lowest BCUT2D eigenvalue weighted by Gasteiger charge is -2.31. The Morgan fingerprint density at radius 1 is 0.824 bits per heavy atom. The largest absolute Gasteiger partial charge is 0.360 e. The van der Waals surface area contributed by atoms with Crippen molar-refractivity contribution < 1.29 is 0 Å². The standard InChI is InChI=1S/C29H19ClN4/c30-23-15-16-24-25(17-23)32-28(22-13-11-19(18-31)12-14-22)34-27(21-9-5-2-6-10-21)26(33-29(24)34)20-7-3-1-4-8-20/h1-17,28,32H. The SMILES string of the molecule is N#Cc1ccc(C2Nc3cc(Cl)ccc3-c3nc(-c4ccccc4)c(-c4ccccc4)n32)cc1. The van der Waals surface area contributed by atoms with Gasteiger partial charge in [-0.3, -0.25) is 4.57 Å². The minimum atomic E-state index is -0.228. The average Bonchev–Trinajstić information content (AvgIpc) is 3.30. The summed E-state index contributed by atoms with van der Waals surface area (Å²) in [5, 5.41) is 13.6. The van der Waals surface area contributed by atoms with Crippen LogP contribution < -0.4 is 5.32 Å². The van der Waals surface area contributed by atoms with Crippen LogP contribution in [0.5, 0.6) is 0 Å². The van der Waals surface area contributed by atoms with Gasteiger partial charge in [-0.15, -0.1) is 0 Å². The maximum atomic E-state index is 9.28. The Hall–Kier alpha value is -4.33. The zero-order chi connectivity index (χ0) is 23.1. The van der Waals surface area contributed by atoms with Crippen molar-refractivity contribution in [3.8, 4) is 40.0 Å². The van der Waals surface area contributed by atoms with Gasteiger partial charge in [0.25, 0.3) is 0 Å². The van der Waals surface area contributed by atoms with E-state index in [-0.39, 0.29) is 6.17 Å². The van der Waals surface area contributed by atoms with Crippen molar-refractivity contribution in [1.82, 2.24) is 9.55 Å². The number of hydrogen-bond acceptors (Lipinski definition) is 3. The van der Waals surface area contributed by atoms with E-state index in [0.717, 1.165) is 45.2 Å². The highest BCUT2D eigenvalue weighted by molar-refractivity contribution is 6.31. The summed E-state index contributed by atoms with van der Waals surface area (Å²) in [5.41, 5.74) is 7.67. The van der Waals surface area contributed by atoms with Crippen molar-refractivity contribution in [2.75, 3.05) is 5.32 Å². The summed E-state index contributed by atoms with van der Waals surface area (Å²) >= 11 is 6.36. The first-order valence-electron chi connectivity index (χ1n) is 11.0. The van der Waals surface area contributed by atoms with Gasteiger partial charge in [0.15, 0.2) is 0 Å². The van der Waals surface area contributed by atoms with Gasteiger partial charge in [-0.1, -0.05) is 84.4 Å². The molecule has 4 aromatic carbocycles. The van der Waals surface area contributed by atoms with Crippen LogP contribution >= 0.6 is 11.6 Å². The summed E-state index contributed by atoms with van der Waals surface area (Å²) in [7, 11) is 0. The summed E-state index contributed by atoms with van der Waals surface area (Å²) in [6.07, 6.45) is -0.228. The molecule has 4 nitrogen and oxygen atoms in total. The molecule has 0 spiro atoms. The minimum Gasteiger partial charge on any atom is -0.360 e. The van der Waals surface area contributed by atoms with Gasteiger partial charge in [0, 0.05) is 27.4 Å². The maximum Gasteiger partial charge on any atom is 0.145 e. The van der Waals surface area contributed by atoms with Crippen molar-refractivity contribution in [1.29, 1.82) is 5.26 Å². The van der Waals surface area contributed by atoms with Gasteiger partial charge in [0.1, 0.15) is 12.0 Å². The third-order valence-electron chi connectivity index (χ3n) is 6.13. The van der Waals surface area contributed by atoms with Crippen LogP contribution in [0.3, 0.4) is 0 Å². The van der Waals surface area contributed by atoms with E-state index in [1.807, 2.05) is 78.9 Å². The predicted octanol–water partition coefficient (Wildman–Crippen LogP) is 7.38. The summed E-state index contributed by atoms with van der Waals surface area (Å²) in [6, 6.07) is 36.3. The zero-order valence-corrected chi connectivity index (χ0v) is 18.9. The van der Waals surface area contributed by atoms with Crippen LogP contribution in [0.15, 0.2) is 103 Å². The van der Waals surface area contributed by atoms with Gasteiger partial charge in [0.05, 0.1) is 23.0 Å². The van der Waals surface area contributed by atoms with Crippen LogP contribution in [0.25, 0.3) is 33.9 Å². The fraction of sp³-hybridized carbons (Fsp3) is 0.0345. The van der Waals surface area contributed by atoms with E-state index >= 15 is 0 Å². The Bertz CT molecular complexity index is 1530. The topological polar surface area (TPSA) is 53.6 Å². The molecule has 0 radical (unpaired) electrons. The molecule has 0 bridgehead atoms. The number of imidazole rings is 1. The Balaban J connectivity index is 1.68. The van der Waals surface area contributed by atoms with E-state index in [2.05, 4.69) is 40.2 Å². The number of rotatable bonds is 3. The number of nitriles is 1. The number of benzene rings is 4. The molecule has 0 aliphatic carbocycles. The van der Waals surface area contributed by atoms with E-state index in [0.29, 0.717) is 10.6 Å². The van der Waals surface area contributed by atoms with E-state index in [1.54, 1.807) is 0 Å². The van der Waals surface area contributed by atoms with Gasteiger partial charge >= 0.3 is 0 Å². The predicted molar refractivity (Wildman–Crippen MR) is 136 cm³/mol. The van der Waals surface area contributed by atoms with Crippen molar-refractivity contribution >= 4 is 17.3 Å². The van der Waals surface area contributed by atoms with Crippen LogP contribution in [0.4, 0.5) is 5.69 Å². The maximum absolute atomic E-state index is 9.28. The van der Waals surface area contributed by atoms with E-state index in [1.165, 1.54) is 0 Å². The highest BCUT2D eigenvalue weighted by Crippen LogP contribution is 2.45. The molecule has 1 atom stereocenters. The molecule has 1 aromatic heterocycles. The molecule has 34 heavy (non-hydrogen) atoms. The van der Waals surface area contributed by atoms with Gasteiger partial charge in [-0.2, -0.15) is 5.26 Å². The molecule has 1 aliphatic rings. The molecule has 0 saturated carbocycles. The van der Waals surface area contributed by atoms with Crippen LogP contribution in [-0.4, -0.2) is 9.55 Å². The van der Waals surface area contributed by atoms with Crippen molar-refractivity contribution in [3.63, 3.8) is 0 Å². The molecule has 0 fully saturated rings. The van der Waals surface area contributed by atoms with Gasteiger partial charge < -0.3 is 5.32 Å². The van der Waals surface area contributed by atoms with Crippen LogP contribution in [-0.2, 0) is 0 Å². The molecule has 0 saturated heterocycles. The molecule has 5 heteroatoms. The van der Waals surface area contributed by atoms with E-state index < -0.39 is 0 Å². The molecule has 1 unspecified atom stereocenters. The highest BCUT2D eigenvalue weighted by Gasteiger charge is 2.32. The first kappa shape index (κ1) is 20.3. The molecule has 6 rings (SSSR count). The first-order valence-corrected chi connectivity index (χ1v) is 11.4. The normalized spacial score (nSPS) is 13.9. The highest BCUT2D eigenvalue weighted by atomic mass is 35.5. The van der Waals surface area contributed by atoms with Crippen molar-refractivity contribution in [2.24, 2.45) is 0 Å². The second kappa shape index (κ2) is 8.22. The Kier molecular flexibility index (Phi) is 4.91. The molecule has 5 aromatic rings. The molecular weight excluding hydrogens is 440 g/mol. The third-order valence-corrected chi connectivity index (χ3v) is 6.37. The molecule has 2 heterocycles. The quantitative estimate of drug-likeness (QED) is 0.307. The number of aromatic nitrogens is 2. The van der Waals surface area contributed by atoms with Crippen molar-refractivity contribution in [3.05, 3.63) is 119 Å². The summed E-state index contributed by atoms with van der Waals surface area (Å²) in [6.45, 7) is 0. The smallest absolute Gasteiger partial charge is 0.145 e. The molecule has 1 N–H and O–H groups in total. The van der Waals surface area contributed by atoms with Crippen LogP contribution in [0.1, 0.15) is 17.3 Å². The number of nitrogens with one attached hydrogen (secondary N) is 1. The average molecular weight is 459 g/mol. The monoisotopic (exact) mass is 458 g/mol. The Morgan fingerprint density at radius 2 is 1.50 bits per heavy atom. The third kappa shape index (κ3) is 3.35. The lowest BCUT2D eigenvalue weighted by atomic mass is 10.0. The van der Waals surface area contributed by atoms with Gasteiger partial charge in [-0.25, -0.2) is 4.98 Å². The summed E-state index contributed by atoms with van der Waals surface area (Å²) in [5.74, 6) is 0.873. The van der Waals surface area contributed by atoms with Crippen LogP contribution in [0.2, 0.25) is 5.02 Å². The Labute approximate surface area is 202 Å². The lowest BCUT2D eigenvalue weighted by Crippen LogP contribution is -2.25. The zero-order valence-electron chi connectivity index (χ0n) is 18.1. The summed E-state index contributed by atoms with van der Waals surface area (Å²) in [4.78, 5) is 5.21. The fourth-order valence-electron chi connectivity index (χ4n) is 4.56. The number of nitrogens with zero attached hydrogens (tertiary/aromatic N) is 3. The number of fused-ring (bicyclic) bond motifs is 3. The second-order valence-electron chi connectivity index (χ2n) is 8.21. The first-order chi connectivity index (χ1) is 16.7. The van der Waals surface area contributed by atoms with Crippen LogP contribution in [0, 0.1) is 11.3 Å². The number of anilines is 1. The van der Waals surface area contributed by atoms with E-state index in [4.69, 9.17) is 16.6 Å². The van der Waals surface area contributed by atoms with Gasteiger partial charge in [0.2, 0.25) is 0 Å². The van der Waals surface area contributed by atoms with Crippen molar-refractivity contribution in [2.45, 2.75) is 6.17 Å². The lowest BCUT2D eigenvalue weighted by molar-refractivity contribution is 0.656. The number of hydrogen-bond donors (Lipinski definition) is 1. The fourth-order valence-corrected chi connectivity index (χ4v) is 4.73. The summed E-state index contributed by atoms with van der Waals surface area (Å²) < 4.78 is 2.26. The molecule has 1 aliphatic heterocycles. The molecular formula is C29H19ClN4. The minimum absolute atomic E-state index is 0.228. The molecule has 0 amide bonds. The Morgan fingerprint density at radius 3 is 2.18 bits per heavy atom. The number of halogens is 1. The second-order valence-corrected chi connectivity index (χ2v) is 8.64. The van der Waals surface area contributed by atoms with Gasteiger partial charge in [-0.05, 0) is 35.9 Å². The molecule has 162 valence electrons.